The molecule has 1 aliphatic rings. The summed E-state index contributed by atoms with van der Waals surface area (Å²) in [5, 5.41) is 3.36. The van der Waals surface area contributed by atoms with E-state index < -0.39 is 12.5 Å². The van der Waals surface area contributed by atoms with E-state index in [-0.39, 0.29) is 24.5 Å². The van der Waals surface area contributed by atoms with Gasteiger partial charge < -0.3 is 15.0 Å². The van der Waals surface area contributed by atoms with Crippen molar-refractivity contribution in [3.05, 3.63) is 29.3 Å². The van der Waals surface area contributed by atoms with Crippen molar-refractivity contribution in [1.29, 1.82) is 0 Å². The van der Waals surface area contributed by atoms with E-state index in [9.17, 15) is 13.6 Å². The predicted molar refractivity (Wildman–Crippen MR) is 90.8 cm³/mol. The van der Waals surface area contributed by atoms with Crippen molar-refractivity contribution in [3.63, 3.8) is 0 Å². The highest BCUT2D eigenvalue weighted by Crippen LogP contribution is 2.24. The van der Waals surface area contributed by atoms with Crippen LogP contribution in [0.4, 0.5) is 14.5 Å². The van der Waals surface area contributed by atoms with Crippen LogP contribution in [0.3, 0.4) is 0 Å². The average molecular weight is 340 g/mol. The number of nitrogens with zero attached hydrogens (tertiary/aromatic N) is 1. The minimum atomic E-state index is -2.58. The standard InChI is InChI=1S/C18H26F2N2O2/c1-12-13(6-5-7-14(12)21-11-18(2,3)4)17(23)22-8-9-24-15(10-22)16(19)20/h5-7,15-16,21H,8-11H2,1-4H3. The first kappa shape index (κ1) is 18.6. The molecule has 1 aromatic rings. The van der Waals surface area contributed by atoms with E-state index in [4.69, 9.17) is 4.74 Å². The number of hydrogen-bond donors (Lipinski definition) is 1. The van der Waals surface area contributed by atoms with Gasteiger partial charge in [-0.15, -0.1) is 0 Å². The fourth-order valence-corrected chi connectivity index (χ4v) is 2.60. The number of anilines is 1. The Balaban J connectivity index is 2.14. The molecule has 1 N–H and O–H groups in total. The predicted octanol–water partition coefficient (Wildman–Crippen LogP) is 3.56. The lowest BCUT2D eigenvalue weighted by Crippen LogP contribution is -2.48. The van der Waals surface area contributed by atoms with Crippen molar-refractivity contribution < 1.29 is 18.3 Å². The topological polar surface area (TPSA) is 41.6 Å². The van der Waals surface area contributed by atoms with E-state index in [2.05, 4.69) is 26.1 Å². The van der Waals surface area contributed by atoms with Gasteiger partial charge in [0, 0.05) is 24.3 Å². The Morgan fingerprint density at radius 1 is 1.42 bits per heavy atom. The maximum atomic E-state index is 12.8. The molecular weight excluding hydrogens is 314 g/mol. The van der Waals surface area contributed by atoms with Crippen LogP contribution in [0.15, 0.2) is 18.2 Å². The maximum Gasteiger partial charge on any atom is 0.266 e. The number of benzene rings is 1. The quantitative estimate of drug-likeness (QED) is 0.911. The number of nitrogens with one attached hydrogen (secondary N) is 1. The van der Waals surface area contributed by atoms with Crippen molar-refractivity contribution in [2.24, 2.45) is 5.41 Å². The molecule has 0 aromatic heterocycles. The number of hydrogen-bond acceptors (Lipinski definition) is 3. The second-order valence-corrected chi connectivity index (χ2v) is 7.39. The van der Waals surface area contributed by atoms with Gasteiger partial charge in [0.25, 0.3) is 12.3 Å². The molecule has 1 amide bonds. The van der Waals surface area contributed by atoms with E-state index in [0.717, 1.165) is 17.8 Å². The lowest BCUT2D eigenvalue weighted by atomic mass is 9.96. The zero-order chi connectivity index (χ0) is 17.9. The molecule has 2 rings (SSSR count). The fourth-order valence-electron chi connectivity index (χ4n) is 2.60. The van der Waals surface area contributed by atoms with Crippen LogP contribution >= 0.6 is 0 Å². The largest absolute Gasteiger partial charge is 0.384 e. The molecule has 1 heterocycles. The number of amides is 1. The highest BCUT2D eigenvalue weighted by atomic mass is 19.3. The van der Waals surface area contributed by atoms with Gasteiger partial charge in [0.05, 0.1) is 13.2 Å². The van der Waals surface area contributed by atoms with Crippen LogP contribution in [0.25, 0.3) is 0 Å². The molecule has 134 valence electrons. The first-order chi connectivity index (χ1) is 11.2. The third-order valence-electron chi connectivity index (χ3n) is 4.04. The van der Waals surface area contributed by atoms with Crippen molar-refractivity contribution in [1.82, 2.24) is 4.90 Å². The number of ether oxygens (including phenoxy) is 1. The summed E-state index contributed by atoms with van der Waals surface area (Å²) in [7, 11) is 0. The maximum absolute atomic E-state index is 12.8. The third-order valence-corrected chi connectivity index (χ3v) is 4.04. The molecule has 1 atom stereocenters. The highest BCUT2D eigenvalue weighted by Gasteiger charge is 2.31. The van der Waals surface area contributed by atoms with Crippen LogP contribution in [0.2, 0.25) is 0 Å². The van der Waals surface area contributed by atoms with Gasteiger partial charge in [-0.25, -0.2) is 8.78 Å². The smallest absolute Gasteiger partial charge is 0.266 e. The summed E-state index contributed by atoms with van der Waals surface area (Å²) in [5.41, 5.74) is 2.39. The Kier molecular flexibility index (Phi) is 5.80. The zero-order valence-electron chi connectivity index (χ0n) is 14.7. The van der Waals surface area contributed by atoms with Crippen molar-refractivity contribution in [3.8, 4) is 0 Å². The third kappa shape index (κ3) is 4.66. The summed E-state index contributed by atoms with van der Waals surface area (Å²) in [6, 6.07) is 5.49. The molecule has 1 aliphatic heterocycles. The normalized spacial score (nSPS) is 18.8. The summed E-state index contributed by atoms with van der Waals surface area (Å²) in [5.74, 6) is -0.221. The summed E-state index contributed by atoms with van der Waals surface area (Å²) >= 11 is 0. The average Bonchev–Trinajstić information content (AvgIpc) is 2.52. The van der Waals surface area contributed by atoms with Crippen LogP contribution in [0.1, 0.15) is 36.7 Å². The molecule has 24 heavy (non-hydrogen) atoms. The molecule has 1 fully saturated rings. The van der Waals surface area contributed by atoms with E-state index in [1.807, 2.05) is 19.1 Å². The van der Waals surface area contributed by atoms with Gasteiger partial charge >= 0.3 is 0 Å². The van der Waals surface area contributed by atoms with Gasteiger partial charge in [0.1, 0.15) is 6.10 Å². The van der Waals surface area contributed by atoms with Gasteiger partial charge in [0.15, 0.2) is 0 Å². The van der Waals surface area contributed by atoms with Crippen molar-refractivity contribution in [2.75, 3.05) is 31.6 Å². The van der Waals surface area contributed by atoms with E-state index >= 15 is 0 Å². The number of rotatable bonds is 4. The van der Waals surface area contributed by atoms with Gasteiger partial charge in [-0.1, -0.05) is 26.8 Å². The Labute approximate surface area is 142 Å². The zero-order valence-corrected chi connectivity index (χ0v) is 14.7. The monoisotopic (exact) mass is 340 g/mol. The van der Waals surface area contributed by atoms with Crippen molar-refractivity contribution in [2.45, 2.75) is 40.2 Å². The molecule has 0 saturated carbocycles. The van der Waals surface area contributed by atoms with Gasteiger partial charge in [0.2, 0.25) is 0 Å². The second kappa shape index (κ2) is 7.47. The molecule has 1 saturated heterocycles. The van der Waals surface area contributed by atoms with Crippen LogP contribution in [-0.2, 0) is 4.74 Å². The Morgan fingerprint density at radius 2 is 2.12 bits per heavy atom. The van der Waals surface area contributed by atoms with Crippen LogP contribution in [0, 0.1) is 12.3 Å². The van der Waals surface area contributed by atoms with Gasteiger partial charge in [-0.05, 0) is 30.0 Å². The molecule has 0 radical (unpaired) electrons. The lowest BCUT2D eigenvalue weighted by molar-refractivity contribution is -0.0943. The molecule has 0 spiro atoms. The summed E-state index contributed by atoms with van der Waals surface area (Å²) in [4.78, 5) is 14.2. The highest BCUT2D eigenvalue weighted by molar-refractivity contribution is 5.97. The van der Waals surface area contributed by atoms with Gasteiger partial charge in [-0.2, -0.15) is 0 Å². The first-order valence-corrected chi connectivity index (χ1v) is 8.21. The Bertz CT molecular complexity index is 585. The van der Waals surface area contributed by atoms with Crippen LogP contribution < -0.4 is 5.32 Å². The van der Waals surface area contributed by atoms with Crippen LogP contribution in [0.5, 0.6) is 0 Å². The molecule has 1 unspecified atom stereocenters. The number of carbonyl (C=O) groups excluding carboxylic acids is 1. The molecule has 4 nitrogen and oxygen atoms in total. The number of morpholine rings is 1. The SMILES string of the molecule is Cc1c(NCC(C)(C)C)cccc1C(=O)N1CCOC(C(F)F)C1. The number of carbonyl (C=O) groups is 1. The molecular formula is C18H26F2N2O2. The van der Waals surface area contributed by atoms with E-state index in [1.165, 1.54) is 4.90 Å². The fraction of sp³-hybridized carbons (Fsp3) is 0.611. The summed E-state index contributed by atoms with van der Waals surface area (Å²) in [6.45, 7) is 9.44. The van der Waals surface area contributed by atoms with E-state index in [0.29, 0.717) is 12.1 Å². The second-order valence-electron chi connectivity index (χ2n) is 7.39. The summed E-state index contributed by atoms with van der Waals surface area (Å²) in [6.07, 6.45) is -3.79. The number of alkyl halides is 2. The number of halogens is 2. The lowest BCUT2D eigenvalue weighted by Gasteiger charge is -2.33. The Morgan fingerprint density at radius 3 is 2.75 bits per heavy atom. The van der Waals surface area contributed by atoms with Gasteiger partial charge in [-0.3, -0.25) is 4.79 Å². The molecule has 6 heteroatoms. The van der Waals surface area contributed by atoms with Crippen molar-refractivity contribution >= 4 is 11.6 Å². The first-order valence-electron chi connectivity index (χ1n) is 8.21. The minimum Gasteiger partial charge on any atom is -0.384 e. The summed E-state index contributed by atoms with van der Waals surface area (Å²) < 4.78 is 30.7. The van der Waals surface area contributed by atoms with E-state index in [1.54, 1.807) is 6.07 Å². The molecule has 1 aromatic carbocycles. The minimum absolute atomic E-state index is 0.0738. The molecule has 0 bridgehead atoms. The Hall–Kier alpha value is -1.69. The van der Waals surface area contributed by atoms with Crippen LogP contribution in [-0.4, -0.2) is 49.6 Å². The molecule has 0 aliphatic carbocycles.